The molecule has 0 unspecified atom stereocenters. The number of imide groups is 1. The Morgan fingerprint density at radius 1 is 1.18 bits per heavy atom. The number of amides is 3. The molecular formula is C20H17BrN2O4S. The molecule has 0 spiro atoms. The molecule has 0 atom stereocenters. The number of halogens is 1. The quantitative estimate of drug-likeness (QED) is 0.645. The van der Waals surface area contributed by atoms with Crippen molar-refractivity contribution in [1.29, 1.82) is 0 Å². The van der Waals surface area contributed by atoms with Gasteiger partial charge < -0.3 is 10.1 Å². The van der Waals surface area contributed by atoms with Crippen molar-refractivity contribution in [1.82, 2.24) is 5.32 Å². The van der Waals surface area contributed by atoms with Crippen molar-refractivity contribution in [3.8, 4) is 5.75 Å². The van der Waals surface area contributed by atoms with E-state index in [4.69, 9.17) is 4.74 Å². The Kier molecular flexibility index (Phi) is 6.21. The summed E-state index contributed by atoms with van der Waals surface area (Å²) in [6, 6.07) is 10.9. The highest BCUT2D eigenvalue weighted by molar-refractivity contribution is 9.10. The van der Waals surface area contributed by atoms with Crippen molar-refractivity contribution < 1.29 is 19.1 Å². The number of ether oxygens (including phenoxy) is 1. The van der Waals surface area contributed by atoms with Gasteiger partial charge in [0.15, 0.2) is 6.61 Å². The van der Waals surface area contributed by atoms with Crippen LogP contribution in [0.4, 0.5) is 10.5 Å². The Labute approximate surface area is 174 Å². The molecule has 0 aromatic heterocycles. The molecule has 0 bridgehead atoms. The summed E-state index contributed by atoms with van der Waals surface area (Å²) < 4.78 is 6.43. The van der Waals surface area contributed by atoms with Crippen molar-refractivity contribution in [3.05, 3.63) is 62.5 Å². The molecule has 0 radical (unpaired) electrons. The van der Waals surface area contributed by atoms with Crippen molar-refractivity contribution in [2.75, 3.05) is 11.9 Å². The zero-order chi connectivity index (χ0) is 20.3. The van der Waals surface area contributed by atoms with Gasteiger partial charge in [-0.3, -0.25) is 19.7 Å². The second-order valence-corrected chi connectivity index (χ2v) is 8.10. The van der Waals surface area contributed by atoms with Gasteiger partial charge in [-0.2, -0.15) is 0 Å². The van der Waals surface area contributed by atoms with Gasteiger partial charge in [0.05, 0.1) is 4.91 Å². The molecule has 1 heterocycles. The molecule has 1 aliphatic rings. The predicted molar refractivity (Wildman–Crippen MR) is 113 cm³/mol. The second kappa shape index (κ2) is 8.62. The summed E-state index contributed by atoms with van der Waals surface area (Å²) in [5.74, 6) is -0.319. The average molecular weight is 461 g/mol. The van der Waals surface area contributed by atoms with Gasteiger partial charge in [0, 0.05) is 15.7 Å². The standard InChI is InChI=1S/C20H17BrN2O4S/c1-11-3-5-15(7-12(11)2)22-18(24)10-27-16-6-4-14(21)8-13(16)9-17-19(25)23-20(26)28-17/h3-9H,10H2,1-2H3,(H,22,24)(H,23,25,26)/b17-9-. The van der Waals surface area contributed by atoms with Crippen LogP contribution >= 0.6 is 27.7 Å². The first-order valence-corrected chi connectivity index (χ1v) is 9.97. The molecule has 6 nitrogen and oxygen atoms in total. The zero-order valence-corrected chi connectivity index (χ0v) is 17.6. The predicted octanol–water partition coefficient (Wildman–Crippen LogP) is 4.41. The van der Waals surface area contributed by atoms with Crippen LogP contribution in [0.25, 0.3) is 6.08 Å². The maximum absolute atomic E-state index is 12.2. The topological polar surface area (TPSA) is 84.5 Å². The summed E-state index contributed by atoms with van der Waals surface area (Å²) in [7, 11) is 0. The minimum Gasteiger partial charge on any atom is -0.483 e. The molecule has 1 aliphatic heterocycles. The molecule has 2 N–H and O–H groups in total. The number of anilines is 1. The number of rotatable bonds is 5. The van der Waals surface area contributed by atoms with Crippen LogP contribution in [0, 0.1) is 13.8 Å². The van der Waals surface area contributed by atoms with Crippen LogP contribution in [0.15, 0.2) is 45.8 Å². The minimum atomic E-state index is -0.451. The first kappa shape index (κ1) is 20.2. The SMILES string of the molecule is Cc1ccc(NC(=O)COc2ccc(Br)cc2/C=C2\SC(=O)NC2=O)cc1C. The Hall–Kier alpha value is -2.58. The maximum atomic E-state index is 12.2. The van der Waals surface area contributed by atoms with Gasteiger partial charge in [0.25, 0.3) is 17.1 Å². The summed E-state index contributed by atoms with van der Waals surface area (Å²) in [4.78, 5) is 35.6. The number of carbonyl (C=O) groups is 3. The van der Waals surface area contributed by atoms with Crippen molar-refractivity contribution in [2.24, 2.45) is 0 Å². The summed E-state index contributed by atoms with van der Waals surface area (Å²) in [6.45, 7) is 3.79. The Balaban J connectivity index is 1.71. The average Bonchev–Trinajstić information content (AvgIpc) is 2.94. The van der Waals surface area contributed by atoms with E-state index in [2.05, 4.69) is 26.6 Å². The Morgan fingerprint density at radius 3 is 2.64 bits per heavy atom. The fourth-order valence-corrected chi connectivity index (χ4v) is 3.54. The third-order valence-electron chi connectivity index (χ3n) is 4.05. The molecule has 2 aromatic rings. The van der Waals surface area contributed by atoms with E-state index in [1.54, 1.807) is 24.3 Å². The molecule has 0 saturated carbocycles. The summed E-state index contributed by atoms with van der Waals surface area (Å²) in [5.41, 5.74) is 3.52. The molecule has 8 heteroatoms. The molecular weight excluding hydrogens is 444 g/mol. The van der Waals surface area contributed by atoms with Crippen molar-refractivity contribution in [2.45, 2.75) is 13.8 Å². The number of benzene rings is 2. The molecule has 0 aliphatic carbocycles. The van der Waals surface area contributed by atoms with E-state index in [9.17, 15) is 14.4 Å². The van der Waals surface area contributed by atoms with Gasteiger partial charge in [0.2, 0.25) is 0 Å². The normalized spacial score (nSPS) is 14.9. The lowest BCUT2D eigenvalue weighted by atomic mass is 10.1. The first-order chi connectivity index (χ1) is 13.3. The lowest BCUT2D eigenvalue weighted by molar-refractivity contribution is -0.118. The fraction of sp³-hybridized carbons (Fsp3) is 0.150. The smallest absolute Gasteiger partial charge is 0.290 e. The van der Waals surface area contributed by atoms with Gasteiger partial charge in [-0.15, -0.1) is 0 Å². The van der Waals surface area contributed by atoms with Crippen LogP contribution in [0.5, 0.6) is 5.75 Å². The highest BCUT2D eigenvalue weighted by Crippen LogP contribution is 2.31. The molecule has 144 valence electrons. The number of nitrogens with one attached hydrogen (secondary N) is 2. The molecule has 28 heavy (non-hydrogen) atoms. The van der Waals surface area contributed by atoms with Crippen LogP contribution in [0.2, 0.25) is 0 Å². The van der Waals surface area contributed by atoms with Gasteiger partial charge in [-0.25, -0.2) is 0 Å². The number of hydrogen-bond acceptors (Lipinski definition) is 5. The third kappa shape index (κ3) is 5.02. The number of thioether (sulfide) groups is 1. The van der Waals surface area contributed by atoms with Crippen LogP contribution in [-0.2, 0) is 9.59 Å². The monoisotopic (exact) mass is 460 g/mol. The van der Waals surface area contributed by atoms with Crippen LogP contribution < -0.4 is 15.4 Å². The van der Waals surface area contributed by atoms with E-state index < -0.39 is 11.1 Å². The van der Waals surface area contributed by atoms with Crippen LogP contribution in [0.1, 0.15) is 16.7 Å². The third-order valence-corrected chi connectivity index (χ3v) is 5.35. The molecule has 3 rings (SSSR count). The summed E-state index contributed by atoms with van der Waals surface area (Å²) >= 11 is 4.19. The first-order valence-electron chi connectivity index (χ1n) is 8.36. The van der Waals surface area contributed by atoms with E-state index >= 15 is 0 Å². The highest BCUT2D eigenvalue weighted by Gasteiger charge is 2.25. The number of carbonyl (C=O) groups excluding carboxylic acids is 3. The number of hydrogen-bond donors (Lipinski definition) is 2. The van der Waals surface area contributed by atoms with Crippen LogP contribution in [0.3, 0.4) is 0 Å². The Bertz CT molecular complexity index is 1000. The second-order valence-electron chi connectivity index (χ2n) is 6.17. The molecule has 1 fully saturated rings. The van der Waals surface area contributed by atoms with Gasteiger partial charge in [0.1, 0.15) is 5.75 Å². The highest BCUT2D eigenvalue weighted by atomic mass is 79.9. The van der Waals surface area contributed by atoms with E-state index in [-0.39, 0.29) is 17.4 Å². The van der Waals surface area contributed by atoms with E-state index in [1.165, 1.54) is 0 Å². The van der Waals surface area contributed by atoms with Gasteiger partial charge >= 0.3 is 0 Å². The fourth-order valence-electron chi connectivity index (χ4n) is 2.49. The molecule has 1 saturated heterocycles. The van der Waals surface area contributed by atoms with Crippen LogP contribution in [-0.4, -0.2) is 23.7 Å². The van der Waals surface area contributed by atoms with Gasteiger partial charge in [-0.05, 0) is 73.1 Å². The largest absolute Gasteiger partial charge is 0.483 e. The van der Waals surface area contributed by atoms with E-state index in [0.29, 0.717) is 17.0 Å². The molecule has 3 amide bonds. The Morgan fingerprint density at radius 2 is 1.96 bits per heavy atom. The van der Waals surface area contributed by atoms with Gasteiger partial charge in [-0.1, -0.05) is 22.0 Å². The summed E-state index contributed by atoms with van der Waals surface area (Å²) in [6.07, 6.45) is 1.56. The minimum absolute atomic E-state index is 0.191. The zero-order valence-electron chi connectivity index (χ0n) is 15.2. The lowest BCUT2D eigenvalue weighted by Gasteiger charge is -2.11. The number of aryl methyl sites for hydroxylation is 2. The lowest BCUT2D eigenvalue weighted by Crippen LogP contribution is -2.20. The van der Waals surface area contributed by atoms with E-state index in [1.807, 2.05) is 32.0 Å². The maximum Gasteiger partial charge on any atom is 0.290 e. The van der Waals surface area contributed by atoms with Crippen molar-refractivity contribution in [3.63, 3.8) is 0 Å². The summed E-state index contributed by atoms with van der Waals surface area (Å²) in [5, 5.41) is 4.59. The van der Waals surface area contributed by atoms with E-state index in [0.717, 1.165) is 27.4 Å². The van der Waals surface area contributed by atoms with Crippen molar-refractivity contribution >= 4 is 56.5 Å². The molecule has 2 aromatic carbocycles.